The molecule has 9 rings (SSSR count). The zero-order chi connectivity index (χ0) is 71.7. The summed E-state index contributed by atoms with van der Waals surface area (Å²) in [5, 5.41) is 35.7. The number of nitrogens with zero attached hydrogens (tertiary/aromatic N) is 12. The van der Waals surface area contributed by atoms with Gasteiger partial charge >= 0.3 is 26.6 Å². The lowest BCUT2D eigenvalue weighted by atomic mass is 10.2. The molecule has 0 aliphatic rings. The van der Waals surface area contributed by atoms with Gasteiger partial charge in [-0.25, -0.2) is 14.3 Å². The molecule has 518 valence electrons. The van der Waals surface area contributed by atoms with Crippen molar-refractivity contribution in [1.82, 2.24) is 14.3 Å². The third-order valence-electron chi connectivity index (χ3n) is 13.4. The lowest BCUT2D eigenvalue weighted by Gasteiger charge is -2.29. The minimum Gasteiger partial charge on any atom is -0.420 e. The van der Waals surface area contributed by atoms with Crippen molar-refractivity contribution in [3.63, 3.8) is 0 Å². The van der Waals surface area contributed by atoms with Gasteiger partial charge in [0.15, 0.2) is 0 Å². The number of benzene rings is 9. The number of rotatable bonds is 33. The number of hydrogen-bond donors (Lipinski definition) is 6. The van der Waals surface area contributed by atoms with Crippen molar-refractivity contribution in [2.45, 2.75) is 0 Å². The van der Waals surface area contributed by atoms with Gasteiger partial charge in [0, 0.05) is 68.4 Å². The molecule has 0 spiro atoms. The van der Waals surface area contributed by atoms with Crippen molar-refractivity contribution >= 4 is 130 Å². The Hall–Kier alpha value is -11.0. The van der Waals surface area contributed by atoms with Gasteiger partial charge in [0.1, 0.15) is 51.7 Å². The SMILES string of the molecule is CN(/N=C/c1ccc(OP(=S)(Oc2ccc(/C=N/N(C)P(=S)(Oc3ccc(/C=N/N)cc3)Oc3ccc(/C=N/N)cc3)cc2)Oc2ccc(/C=N/N(C)P(=S)(Oc3ccc(/C=N/N)cc3)Oc3ccc(/C=N/N)cc3)cc2)cc1)P(=S)(Oc1ccc(/C=N/N)cc1)Oc1ccc(/C=N/N)cc1. The summed E-state index contributed by atoms with van der Waals surface area (Å²) in [7, 11) is 4.98. The van der Waals surface area contributed by atoms with Crippen LogP contribution in [0.1, 0.15) is 50.1 Å². The number of nitrogens with two attached hydrogens (primary N) is 6. The molecular formula is C66H66N18O9P4S4. The van der Waals surface area contributed by atoms with E-state index in [1.165, 1.54) is 51.6 Å². The zero-order valence-electron chi connectivity index (χ0n) is 53.9. The lowest BCUT2D eigenvalue weighted by molar-refractivity contribution is 0.383. The molecule has 27 nitrogen and oxygen atoms in total. The highest BCUT2D eigenvalue weighted by molar-refractivity contribution is 8.10. The molecule has 0 fully saturated rings. The molecule has 12 N–H and O–H groups in total. The first-order chi connectivity index (χ1) is 48.8. The van der Waals surface area contributed by atoms with E-state index < -0.39 is 26.6 Å². The summed E-state index contributed by atoms with van der Waals surface area (Å²) >= 11 is 24.6. The Labute approximate surface area is 603 Å². The smallest absolute Gasteiger partial charge is 0.420 e. The Morgan fingerprint density at radius 2 is 0.356 bits per heavy atom. The molecule has 0 aliphatic heterocycles. The van der Waals surface area contributed by atoms with E-state index in [0.717, 1.165) is 33.4 Å². The van der Waals surface area contributed by atoms with Gasteiger partial charge in [-0.3, -0.25) is 0 Å². The fourth-order valence-corrected chi connectivity index (χ4v) is 16.0. The molecule has 0 radical (unpaired) electrons. The van der Waals surface area contributed by atoms with Gasteiger partial charge in [-0.1, -0.05) is 0 Å². The normalized spacial score (nSPS) is 12.3. The summed E-state index contributed by atoms with van der Waals surface area (Å²) < 4.78 is 62.4. The van der Waals surface area contributed by atoms with Gasteiger partial charge in [-0.15, -0.1) is 0 Å². The molecular weight excluding hydrogens is 1440 g/mol. The van der Waals surface area contributed by atoms with Crippen molar-refractivity contribution in [2.24, 2.45) is 81.0 Å². The average Bonchev–Trinajstić information content (AvgIpc) is 0.831. The topological polar surface area (TPSA) is 360 Å². The second-order valence-electron chi connectivity index (χ2n) is 20.7. The number of hydrazone groups is 9. The molecule has 0 aliphatic carbocycles. The molecule has 9 aromatic rings. The molecule has 0 bridgehead atoms. The van der Waals surface area contributed by atoms with Crippen molar-refractivity contribution in [3.05, 3.63) is 268 Å². The summed E-state index contributed by atoms with van der Waals surface area (Å²) in [5.41, 5.74) is 6.45. The molecule has 0 unspecified atom stereocenters. The molecule has 0 amide bonds. The van der Waals surface area contributed by atoms with Crippen LogP contribution in [0.25, 0.3) is 0 Å². The first-order valence-corrected chi connectivity index (χ1v) is 39.9. The maximum atomic E-state index is 6.55. The highest BCUT2D eigenvalue weighted by Gasteiger charge is 2.33. The predicted molar refractivity (Wildman–Crippen MR) is 418 cm³/mol. The Morgan fingerprint density at radius 1 is 0.228 bits per heavy atom. The Balaban J connectivity index is 0.963. The van der Waals surface area contributed by atoms with E-state index in [1.54, 1.807) is 258 Å². The van der Waals surface area contributed by atoms with Gasteiger partial charge in [-0.05, 0) is 268 Å². The van der Waals surface area contributed by atoms with Crippen molar-refractivity contribution < 1.29 is 40.7 Å². The molecule has 0 saturated heterocycles. The molecule has 9 aromatic carbocycles. The minimum absolute atomic E-state index is 0.308. The number of hydrogen-bond acceptors (Lipinski definition) is 28. The minimum atomic E-state index is -3.83. The van der Waals surface area contributed by atoms with Gasteiger partial charge in [0.05, 0.1) is 55.9 Å². The van der Waals surface area contributed by atoms with Crippen LogP contribution in [0.5, 0.6) is 51.7 Å². The summed E-state index contributed by atoms with van der Waals surface area (Å²) in [6, 6.07) is 62.8. The second kappa shape index (κ2) is 35.7. The quantitative estimate of drug-likeness (QED) is 0.00963. The van der Waals surface area contributed by atoms with Crippen LogP contribution < -0.4 is 75.8 Å². The molecule has 101 heavy (non-hydrogen) atoms. The second-order valence-corrected chi connectivity index (χ2v) is 33.2. The van der Waals surface area contributed by atoms with Crippen LogP contribution in [0.15, 0.2) is 264 Å². The highest BCUT2D eigenvalue weighted by atomic mass is 32.5. The summed E-state index contributed by atoms with van der Waals surface area (Å²) in [6.45, 7) is -14.1. The first kappa shape index (κ1) is 74.2. The molecule has 0 atom stereocenters. The zero-order valence-corrected chi connectivity index (χ0v) is 60.8. The predicted octanol–water partition coefficient (Wildman–Crippen LogP) is 12.1. The molecule has 0 saturated carbocycles. The van der Waals surface area contributed by atoms with Gasteiger partial charge < -0.3 is 75.8 Å². The Morgan fingerprint density at radius 3 is 0.495 bits per heavy atom. The molecule has 0 heterocycles. The third-order valence-corrected chi connectivity index (χ3v) is 24.0. The Bertz CT molecular complexity index is 4050. The molecule has 35 heteroatoms. The largest absolute Gasteiger partial charge is 0.490 e. The average molecular weight is 1510 g/mol. The monoisotopic (exact) mass is 1510 g/mol. The van der Waals surface area contributed by atoms with Crippen molar-refractivity contribution in [2.75, 3.05) is 21.1 Å². The van der Waals surface area contributed by atoms with Crippen LogP contribution in [0.3, 0.4) is 0 Å². The fraction of sp³-hybridized carbons (Fsp3) is 0.0455. The first-order valence-electron chi connectivity index (χ1n) is 29.6. The van der Waals surface area contributed by atoms with Crippen LogP contribution in [0, 0.1) is 0 Å². The van der Waals surface area contributed by atoms with Gasteiger partial charge in [0.25, 0.3) is 0 Å². The van der Waals surface area contributed by atoms with Gasteiger partial charge in [0.2, 0.25) is 0 Å². The Kier molecular flexibility index (Phi) is 26.2. The lowest BCUT2D eigenvalue weighted by Crippen LogP contribution is -2.17. The van der Waals surface area contributed by atoms with Crippen LogP contribution in [0.2, 0.25) is 0 Å². The summed E-state index contributed by atoms with van der Waals surface area (Å²) in [6.07, 6.45) is 13.8. The van der Waals surface area contributed by atoms with Gasteiger partial charge in [-0.2, -0.15) is 45.9 Å². The standard InChI is InChI=1S/C66H66N18O9P4S4/c1-82(94(98,85-58-22-4-49(5-23-58)40-73-67)86-59-24-6-50(7-25-59)41-74-68)79-46-55-16-34-64(35-17-55)91-97(101,92-65-36-18-56(19-37-65)47-80-83(2)95(99,87-60-26-8-51(9-27-60)42-75-69)88-61-28-10-52(11-29-61)43-76-70)93-66-38-20-57(21-39-66)48-81-84(3)96(100,89-62-30-12-53(13-31-62)44-77-71)90-63-32-14-54(15-33-63)45-78-72/h4-48H,67-72H2,1-3H3/b73-40+,74-41+,75-42+,76-43+,77-44+,78-45+,79-46+,80-47+,81-48+. The van der Waals surface area contributed by atoms with E-state index in [1.807, 2.05) is 0 Å². The van der Waals surface area contributed by atoms with E-state index in [2.05, 4.69) is 30.6 Å². The summed E-state index contributed by atoms with van der Waals surface area (Å²) in [5.74, 6) is 35.7. The van der Waals surface area contributed by atoms with Crippen LogP contribution in [0.4, 0.5) is 0 Å². The maximum absolute atomic E-state index is 6.55. The van der Waals surface area contributed by atoms with E-state index in [0.29, 0.717) is 68.4 Å². The van der Waals surface area contributed by atoms with Crippen LogP contribution >= 0.6 is 26.6 Å². The summed E-state index contributed by atoms with van der Waals surface area (Å²) in [4.78, 5) is 0. The molecule has 0 aromatic heterocycles. The van der Waals surface area contributed by atoms with E-state index >= 15 is 0 Å². The highest BCUT2D eigenvalue weighted by Crippen LogP contribution is 2.55. The van der Waals surface area contributed by atoms with Crippen molar-refractivity contribution in [3.8, 4) is 51.7 Å². The third kappa shape index (κ3) is 22.0. The van der Waals surface area contributed by atoms with Crippen LogP contribution in [-0.4, -0.2) is 91.4 Å². The van der Waals surface area contributed by atoms with Crippen molar-refractivity contribution in [1.29, 1.82) is 0 Å². The van der Waals surface area contributed by atoms with E-state index in [-0.39, 0.29) is 0 Å². The van der Waals surface area contributed by atoms with Crippen LogP contribution in [-0.2, 0) is 47.2 Å². The maximum Gasteiger partial charge on any atom is 0.490 e. The fourth-order valence-electron chi connectivity index (χ4n) is 8.34. The van der Waals surface area contributed by atoms with E-state index in [9.17, 15) is 0 Å². The van der Waals surface area contributed by atoms with E-state index in [4.69, 9.17) is 138 Å².